The van der Waals surface area contributed by atoms with E-state index in [2.05, 4.69) is 24.8 Å². The summed E-state index contributed by atoms with van der Waals surface area (Å²) in [6.45, 7) is 7.49. The van der Waals surface area contributed by atoms with Gasteiger partial charge >= 0.3 is 0 Å². The zero-order valence-corrected chi connectivity index (χ0v) is 12.6. The Morgan fingerprint density at radius 3 is 2.45 bits per heavy atom. The zero-order valence-electron chi connectivity index (χ0n) is 12.6. The van der Waals surface area contributed by atoms with Crippen LogP contribution in [0.3, 0.4) is 0 Å². The molecule has 0 aromatic heterocycles. The van der Waals surface area contributed by atoms with Gasteiger partial charge in [0.2, 0.25) is 5.91 Å². The number of carbonyl (C=O) groups is 1. The molecule has 1 fully saturated rings. The molecule has 20 heavy (non-hydrogen) atoms. The van der Waals surface area contributed by atoms with Crippen LogP contribution in [0.5, 0.6) is 5.75 Å². The first-order valence-electron chi connectivity index (χ1n) is 7.27. The number of hydrogen-bond acceptors (Lipinski definition) is 3. The van der Waals surface area contributed by atoms with Crippen molar-refractivity contribution in [1.29, 1.82) is 0 Å². The highest BCUT2D eigenvalue weighted by molar-refractivity contribution is 5.76. The summed E-state index contributed by atoms with van der Waals surface area (Å²) in [5.41, 5.74) is 1.12. The van der Waals surface area contributed by atoms with Crippen molar-refractivity contribution >= 4 is 11.6 Å². The van der Waals surface area contributed by atoms with E-state index in [9.17, 15) is 4.79 Å². The monoisotopic (exact) mass is 276 g/mol. The molecular formula is C16H24N2O2. The normalized spacial score (nSPS) is 15.6. The van der Waals surface area contributed by atoms with Crippen LogP contribution in [-0.4, -0.2) is 44.1 Å². The molecule has 2 rings (SSSR count). The van der Waals surface area contributed by atoms with Gasteiger partial charge < -0.3 is 14.5 Å². The first-order valence-corrected chi connectivity index (χ1v) is 7.27. The van der Waals surface area contributed by atoms with Crippen molar-refractivity contribution in [2.75, 3.05) is 38.2 Å². The van der Waals surface area contributed by atoms with E-state index >= 15 is 0 Å². The fourth-order valence-corrected chi connectivity index (χ4v) is 2.57. The van der Waals surface area contributed by atoms with Gasteiger partial charge in [0.1, 0.15) is 5.75 Å². The third-order valence-electron chi connectivity index (χ3n) is 3.64. The fraction of sp³-hybridized carbons (Fsp3) is 0.562. The van der Waals surface area contributed by atoms with Crippen molar-refractivity contribution < 1.29 is 9.53 Å². The predicted octanol–water partition coefficient (Wildman–Crippen LogP) is 2.39. The predicted molar refractivity (Wildman–Crippen MR) is 81.2 cm³/mol. The maximum atomic E-state index is 12.1. The minimum atomic E-state index is 0.277. The number of amides is 1. The van der Waals surface area contributed by atoms with Gasteiger partial charge in [-0.1, -0.05) is 26.0 Å². The van der Waals surface area contributed by atoms with E-state index in [0.29, 0.717) is 12.3 Å². The Morgan fingerprint density at radius 1 is 1.20 bits per heavy atom. The molecule has 110 valence electrons. The SMILES string of the molecule is COc1ccccc1N1CCN(C(=O)CC(C)C)CC1. The summed E-state index contributed by atoms with van der Waals surface area (Å²) >= 11 is 0. The fourth-order valence-electron chi connectivity index (χ4n) is 2.57. The molecule has 1 aromatic rings. The number of hydrogen-bond donors (Lipinski definition) is 0. The number of piperazine rings is 1. The Hall–Kier alpha value is -1.71. The van der Waals surface area contributed by atoms with Gasteiger partial charge in [-0.05, 0) is 18.1 Å². The summed E-state index contributed by atoms with van der Waals surface area (Å²) < 4.78 is 5.40. The second-order valence-electron chi connectivity index (χ2n) is 5.64. The molecule has 1 aliphatic heterocycles. The van der Waals surface area contributed by atoms with Gasteiger partial charge in [-0.25, -0.2) is 0 Å². The Kier molecular flexibility index (Phi) is 4.88. The first kappa shape index (κ1) is 14.7. The molecule has 4 heteroatoms. The molecule has 0 N–H and O–H groups in total. The standard InChI is InChI=1S/C16H24N2O2/c1-13(2)12-16(19)18-10-8-17(9-11-18)14-6-4-5-7-15(14)20-3/h4-7,13H,8-12H2,1-3H3. The topological polar surface area (TPSA) is 32.8 Å². The van der Waals surface area contributed by atoms with Crippen LogP contribution >= 0.6 is 0 Å². The van der Waals surface area contributed by atoms with Gasteiger partial charge in [-0.2, -0.15) is 0 Å². The van der Waals surface area contributed by atoms with Crippen molar-refractivity contribution in [2.24, 2.45) is 5.92 Å². The molecule has 1 aliphatic rings. The molecule has 0 aliphatic carbocycles. The molecule has 0 atom stereocenters. The van der Waals surface area contributed by atoms with E-state index in [4.69, 9.17) is 4.74 Å². The third-order valence-corrected chi connectivity index (χ3v) is 3.64. The van der Waals surface area contributed by atoms with Crippen LogP contribution in [-0.2, 0) is 4.79 Å². The number of methoxy groups -OCH3 is 1. The molecule has 0 unspecified atom stereocenters. The summed E-state index contributed by atoms with van der Waals surface area (Å²) in [5, 5.41) is 0. The molecule has 0 bridgehead atoms. The van der Waals surface area contributed by atoms with Gasteiger partial charge in [0.05, 0.1) is 12.8 Å². The van der Waals surface area contributed by atoms with Crippen molar-refractivity contribution in [2.45, 2.75) is 20.3 Å². The first-order chi connectivity index (χ1) is 9.61. The largest absolute Gasteiger partial charge is 0.495 e. The quantitative estimate of drug-likeness (QED) is 0.846. The Bertz CT molecular complexity index is 452. The lowest BCUT2D eigenvalue weighted by Crippen LogP contribution is -2.49. The van der Waals surface area contributed by atoms with Crippen molar-refractivity contribution in [3.8, 4) is 5.75 Å². The summed E-state index contributed by atoms with van der Waals surface area (Å²) in [5.74, 6) is 1.60. The Morgan fingerprint density at radius 2 is 1.85 bits per heavy atom. The second kappa shape index (κ2) is 6.64. The van der Waals surface area contributed by atoms with Gasteiger partial charge in [0, 0.05) is 32.6 Å². The van der Waals surface area contributed by atoms with Crippen molar-refractivity contribution in [3.05, 3.63) is 24.3 Å². The van der Waals surface area contributed by atoms with E-state index in [1.807, 2.05) is 23.1 Å². The van der Waals surface area contributed by atoms with E-state index < -0.39 is 0 Å². The minimum absolute atomic E-state index is 0.277. The van der Waals surface area contributed by atoms with Crippen molar-refractivity contribution in [3.63, 3.8) is 0 Å². The van der Waals surface area contributed by atoms with E-state index in [1.165, 1.54) is 0 Å². The summed E-state index contributed by atoms with van der Waals surface area (Å²) in [7, 11) is 1.70. The zero-order chi connectivity index (χ0) is 14.5. The minimum Gasteiger partial charge on any atom is -0.495 e. The molecule has 1 aromatic carbocycles. The van der Waals surface area contributed by atoms with E-state index in [-0.39, 0.29) is 5.91 Å². The van der Waals surface area contributed by atoms with Crippen LogP contribution in [0.15, 0.2) is 24.3 Å². The number of rotatable bonds is 4. The van der Waals surface area contributed by atoms with Crippen LogP contribution in [0.4, 0.5) is 5.69 Å². The summed E-state index contributed by atoms with van der Waals surface area (Å²) in [6.07, 6.45) is 0.647. The summed E-state index contributed by atoms with van der Waals surface area (Å²) in [6, 6.07) is 8.05. The van der Waals surface area contributed by atoms with Gasteiger partial charge in [-0.15, -0.1) is 0 Å². The number of para-hydroxylation sites is 2. The van der Waals surface area contributed by atoms with Crippen molar-refractivity contribution in [1.82, 2.24) is 4.90 Å². The maximum absolute atomic E-state index is 12.1. The lowest BCUT2D eigenvalue weighted by molar-refractivity contribution is -0.132. The number of ether oxygens (including phenoxy) is 1. The second-order valence-corrected chi connectivity index (χ2v) is 5.64. The Labute approximate surface area is 121 Å². The lowest BCUT2D eigenvalue weighted by atomic mass is 10.1. The Balaban J connectivity index is 1.96. The number of nitrogens with zero attached hydrogens (tertiary/aromatic N) is 2. The highest BCUT2D eigenvalue weighted by atomic mass is 16.5. The van der Waals surface area contributed by atoms with Gasteiger partial charge in [0.15, 0.2) is 0 Å². The number of anilines is 1. The highest BCUT2D eigenvalue weighted by Gasteiger charge is 2.22. The number of benzene rings is 1. The molecular weight excluding hydrogens is 252 g/mol. The average molecular weight is 276 g/mol. The maximum Gasteiger partial charge on any atom is 0.222 e. The lowest BCUT2D eigenvalue weighted by Gasteiger charge is -2.36. The van der Waals surface area contributed by atoms with E-state index in [1.54, 1.807) is 7.11 Å². The molecule has 0 spiro atoms. The van der Waals surface area contributed by atoms with Gasteiger partial charge in [-0.3, -0.25) is 4.79 Å². The molecule has 1 heterocycles. The smallest absolute Gasteiger partial charge is 0.222 e. The molecule has 1 saturated heterocycles. The average Bonchev–Trinajstić information content (AvgIpc) is 2.46. The molecule has 0 saturated carbocycles. The molecule has 4 nitrogen and oxygen atoms in total. The molecule has 1 amide bonds. The molecule has 0 radical (unpaired) electrons. The van der Waals surface area contributed by atoms with Crippen LogP contribution in [0.2, 0.25) is 0 Å². The highest BCUT2D eigenvalue weighted by Crippen LogP contribution is 2.28. The van der Waals surface area contributed by atoms with Gasteiger partial charge in [0.25, 0.3) is 0 Å². The van der Waals surface area contributed by atoms with Crippen LogP contribution in [0.1, 0.15) is 20.3 Å². The van der Waals surface area contributed by atoms with Crippen LogP contribution < -0.4 is 9.64 Å². The number of carbonyl (C=O) groups excluding carboxylic acids is 1. The van der Waals surface area contributed by atoms with E-state index in [0.717, 1.165) is 37.6 Å². The third kappa shape index (κ3) is 3.44. The summed E-state index contributed by atoms with van der Waals surface area (Å²) in [4.78, 5) is 16.3. The van der Waals surface area contributed by atoms with Crippen LogP contribution in [0.25, 0.3) is 0 Å². The van der Waals surface area contributed by atoms with Crippen LogP contribution in [0, 0.1) is 5.92 Å².